The van der Waals surface area contributed by atoms with Crippen LogP contribution in [0.1, 0.15) is 58.4 Å². The average Bonchev–Trinajstić information content (AvgIpc) is 3.08. The number of rotatable bonds is 6. The number of hydrogen-bond donors (Lipinski definition) is 2. The Bertz CT molecular complexity index is 702. The van der Waals surface area contributed by atoms with E-state index in [9.17, 15) is 13.6 Å². The van der Waals surface area contributed by atoms with E-state index >= 15 is 0 Å². The van der Waals surface area contributed by atoms with E-state index in [4.69, 9.17) is 10.5 Å². The zero-order valence-corrected chi connectivity index (χ0v) is 17.6. The van der Waals surface area contributed by atoms with Gasteiger partial charge in [-0.05, 0) is 31.9 Å². The number of hydrogen-bond acceptors (Lipinski definition) is 3. The van der Waals surface area contributed by atoms with Crippen molar-refractivity contribution in [2.45, 2.75) is 69.9 Å². The second-order valence-corrected chi connectivity index (χ2v) is 8.61. The van der Waals surface area contributed by atoms with Crippen LogP contribution in [0.15, 0.2) is 18.2 Å². The zero-order valence-electron chi connectivity index (χ0n) is 16.8. The highest BCUT2D eigenvalue weighted by Gasteiger charge is 2.63. The summed E-state index contributed by atoms with van der Waals surface area (Å²) in [5, 5.41) is 2.93. The molecule has 0 heterocycles. The monoisotopic (exact) mass is 416 g/mol. The molecule has 2 aliphatic rings. The molecule has 0 spiro atoms. The van der Waals surface area contributed by atoms with E-state index < -0.39 is 28.0 Å². The summed E-state index contributed by atoms with van der Waals surface area (Å²) in [4.78, 5) is 12.9. The van der Waals surface area contributed by atoms with E-state index in [1.54, 1.807) is 0 Å². The molecule has 2 aliphatic carbocycles. The molecule has 3 rings (SSSR count). The average molecular weight is 417 g/mol. The van der Waals surface area contributed by atoms with Gasteiger partial charge in [-0.15, -0.1) is 12.4 Å². The number of benzene rings is 1. The fourth-order valence-electron chi connectivity index (χ4n) is 4.80. The van der Waals surface area contributed by atoms with Crippen molar-refractivity contribution in [3.05, 3.63) is 35.4 Å². The Kier molecular flexibility index (Phi) is 6.79. The van der Waals surface area contributed by atoms with Crippen molar-refractivity contribution in [1.82, 2.24) is 5.32 Å². The highest BCUT2D eigenvalue weighted by Crippen LogP contribution is 2.50. The van der Waals surface area contributed by atoms with Crippen LogP contribution in [0.25, 0.3) is 0 Å². The lowest BCUT2D eigenvalue weighted by molar-refractivity contribution is -0.170. The van der Waals surface area contributed by atoms with Gasteiger partial charge in [-0.1, -0.05) is 32.8 Å². The van der Waals surface area contributed by atoms with Crippen LogP contribution in [-0.2, 0) is 14.9 Å². The molecule has 0 radical (unpaired) electrons. The van der Waals surface area contributed by atoms with Crippen LogP contribution in [0.5, 0.6) is 0 Å². The molecule has 0 saturated heterocycles. The van der Waals surface area contributed by atoms with E-state index in [0.29, 0.717) is 25.9 Å². The number of carbonyl (C=O) groups is 1. The van der Waals surface area contributed by atoms with Gasteiger partial charge in [-0.3, -0.25) is 4.79 Å². The van der Waals surface area contributed by atoms with Gasteiger partial charge in [0.15, 0.2) is 0 Å². The fourth-order valence-corrected chi connectivity index (χ4v) is 4.80. The maximum absolute atomic E-state index is 14.4. The van der Waals surface area contributed by atoms with Crippen LogP contribution in [0.4, 0.5) is 8.78 Å². The van der Waals surface area contributed by atoms with Gasteiger partial charge in [0.05, 0.1) is 6.10 Å². The summed E-state index contributed by atoms with van der Waals surface area (Å²) in [6.45, 7) is 6.54. The van der Waals surface area contributed by atoms with E-state index in [0.717, 1.165) is 12.8 Å². The highest BCUT2D eigenvalue weighted by atomic mass is 35.5. The van der Waals surface area contributed by atoms with Crippen LogP contribution in [0.3, 0.4) is 0 Å². The highest BCUT2D eigenvalue weighted by molar-refractivity contribution is 5.89. The Balaban J connectivity index is 0.00000280. The van der Waals surface area contributed by atoms with Crippen molar-refractivity contribution < 1.29 is 18.3 Å². The van der Waals surface area contributed by atoms with Crippen molar-refractivity contribution in [2.24, 2.45) is 11.1 Å². The molecule has 2 unspecified atom stereocenters. The molecule has 0 aromatic heterocycles. The molecule has 0 bridgehead atoms. The van der Waals surface area contributed by atoms with Crippen molar-refractivity contribution in [3.8, 4) is 0 Å². The third kappa shape index (κ3) is 3.55. The first-order valence-corrected chi connectivity index (χ1v) is 9.81. The number of amides is 1. The number of carbonyl (C=O) groups excluding carboxylic acids is 1. The summed E-state index contributed by atoms with van der Waals surface area (Å²) in [5.74, 6) is -1.37. The van der Waals surface area contributed by atoms with E-state index in [1.807, 2.05) is 20.8 Å². The molecule has 1 amide bonds. The summed E-state index contributed by atoms with van der Waals surface area (Å²) >= 11 is 0. The molecule has 1 aromatic carbocycles. The normalized spacial score (nSPS) is 27.6. The van der Waals surface area contributed by atoms with Crippen molar-refractivity contribution >= 4 is 18.3 Å². The SMILES string of the molecule is CCOC1CC(N)(C(=O)NCC2(c3c(F)cccc3F)CCCC2)C1(C)C.Cl. The van der Waals surface area contributed by atoms with Gasteiger partial charge in [0.1, 0.15) is 17.2 Å². The first-order valence-electron chi connectivity index (χ1n) is 9.81. The van der Waals surface area contributed by atoms with Crippen LogP contribution in [-0.4, -0.2) is 30.7 Å². The van der Waals surface area contributed by atoms with Crippen LogP contribution in [0.2, 0.25) is 0 Å². The standard InChI is InChI=1S/C21H30F2N2O2.ClH/c1-4-27-16-12-21(24,19(16,2)3)18(26)25-13-20(10-5-6-11-20)17-14(22)8-7-9-15(17)23;/h7-9,16H,4-6,10-13,24H2,1-3H3,(H,25,26);1H. The molecule has 4 nitrogen and oxygen atoms in total. The first-order chi connectivity index (χ1) is 12.7. The quantitative estimate of drug-likeness (QED) is 0.740. The Morgan fingerprint density at radius 2 is 1.82 bits per heavy atom. The second kappa shape index (κ2) is 8.25. The van der Waals surface area contributed by atoms with Gasteiger partial charge in [0.25, 0.3) is 0 Å². The van der Waals surface area contributed by atoms with Gasteiger partial charge in [-0.2, -0.15) is 0 Å². The Labute approximate surface area is 172 Å². The molecule has 2 fully saturated rings. The molecule has 158 valence electrons. The third-order valence-electron chi connectivity index (χ3n) is 6.88. The van der Waals surface area contributed by atoms with Gasteiger partial charge >= 0.3 is 0 Å². The number of halogens is 3. The minimum Gasteiger partial charge on any atom is -0.378 e. The Morgan fingerprint density at radius 1 is 1.25 bits per heavy atom. The van der Waals surface area contributed by atoms with E-state index in [-0.39, 0.29) is 36.5 Å². The van der Waals surface area contributed by atoms with Gasteiger partial charge < -0.3 is 15.8 Å². The molecule has 2 saturated carbocycles. The topological polar surface area (TPSA) is 64.3 Å². The number of nitrogens with two attached hydrogens (primary N) is 1. The molecular formula is C21H31ClF2N2O2. The predicted octanol–water partition coefficient (Wildman–Crippen LogP) is 3.85. The summed E-state index contributed by atoms with van der Waals surface area (Å²) in [7, 11) is 0. The largest absolute Gasteiger partial charge is 0.378 e. The summed E-state index contributed by atoms with van der Waals surface area (Å²) < 4.78 is 34.6. The fraction of sp³-hybridized carbons (Fsp3) is 0.667. The van der Waals surface area contributed by atoms with Crippen LogP contribution < -0.4 is 11.1 Å². The minimum atomic E-state index is -1.04. The number of nitrogens with one attached hydrogen (secondary N) is 1. The van der Waals surface area contributed by atoms with Crippen LogP contribution in [0, 0.1) is 17.0 Å². The summed E-state index contributed by atoms with van der Waals surface area (Å²) in [6, 6.07) is 3.94. The lowest BCUT2D eigenvalue weighted by Gasteiger charge is -2.57. The molecule has 0 aliphatic heterocycles. The van der Waals surface area contributed by atoms with E-state index in [2.05, 4.69) is 5.32 Å². The molecular weight excluding hydrogens is 386 g/mol. The molecule has 1 aromatic rings. The maximum atomic E-state index is 14.4. The second-order valence-electron chi connectivity index (χ2n) is 8.61. The lowest BCUT2D eigenvalue weighted by atomic mass is 9.54. The number of ether oxygens (including phenoxy) is 1. The lowest BCUT2D eigenvalue weighted by Crippen LogP contribution is -2.76. The van der Waals surface area contributed by atoms with E-state index in [1.165, 1.54) is 18.2 Å². The van der Waals surface area contributed by atoms with Crippen molar-refractivity contribution in [1.29, 1.82) is 0 Å². The molecule has 3 N–H and O–H groups in total. The summed E-state index contributed by atoms with van der Waals surface area (Å²) in [5.41, 5.74) is 4.27. The maximum Gasteiger partial charge on any atom is 0.240 e. The predicted molar refractivity (Wildman–Crippen MR) is 107 cm³/mol. The summed E-state index contributed by atoms with van der Waals surface area (Å²) in [6.07, 6.45) is 3.44. The molecule has 28 heavy (non-hydrogen) atoms. The Morgan fingerprint density at radius 3 is 2.32 bits per heavy atom. The smallest absolute Gasteiger partial charge is 0.240 e. The van der Waals surface area contributed by atoms with Crippen molar-refractivity contribution in [2.75, 3.05) is 13.2 Å². The molecule has 2 atom stereocenters. The minimum absolute atomic E-state index is 0. The zero-order chi connectivity index (χ0) is 19.9. The molecule has 7 heteroatoms. The van der Waals surface area contributed by atoms with Crippen LogP contribution >= 0.6 is 12.4 Å². The first kappa shape index (κ1) is 23.0. The van der Waals surface area contributed by atoms with Crippen molar-refractivity contribution in [3.63, 3.8) is 0 Å². The van der Waals surface area contributed by atoms with Gasteiger partial charge in [0, 0.05) is 36.0 Å². The third-order valence-corrected chi connectivity index (χ3v) is 6.88. The Hall–Kier alpha value is -1.24. The van der Waals surface area contributed by atoms with Gasteiger partial charge in [0.2, 0.25) is 5.91 Å². The van der Waals surface area contributed by atoms with Gasteiger partial charge in [-0.25, -0.2) is 8.78 Å².